The molecule has 0 aliphatic heterocycles. The van der Waals surface area contributed by atoms with Gasteiger partial charge >= 0.3 is 0 Å². The lowest BCUT2D eigenvalue weighted by Crippen LogP contribution is -2.10. The summed E-state index contributed by atoms with van der Waals surface area (Å²) in [5, 5.41) is 0. The fraction of sp³-hybridized carbons (Fsp3) is 0.143. The van der Waals surface area contributed by atoms with E-state index in [0.717, 1.165) is 5.56 Å². The van der Waals surface area contributed by atoms with E-state index < -0.39 is 0 Å². The van der Waals surface area contributed by atoms with Crippen molar-refractivity contribution in [2.45, 2.75) is 13.0 Å². The van der Waals surface area contributed by atoms with Crippen molar-refractivity contribution in [3.8, 4) is 0 Å². The highest BCUT2D eigenvalue weighted by Crippen LogP contribution is 2.27. The van der Waals surface area contributed by atoms with E-state index in [1.165, 1.54) is 6.07 Å². The van der Waals surface area contributed by atoms with Gasteiger partial charge in [-0.3, -0.25) is 4.98 Å². The number of benzene rings is 1. The van der Waals surface area contributed by atoms with E-state index >= 15 is 0 Å². The normalized spacial score (nSPS) is 12.7. The number of nitrogens with two attached hydrogens (primary N) is 1. The zero-order valence-corrected chi connectivity index (χ0v) is 10.4. The molecule has 2 N–H and O–H groups in total. The zero-order valence-electron chi connectivity index (χ0n) is 10.4. The minimum Gasteiger partial charge on any atom is -0.369 e. The Morgan fingerprint density at radius 1 is 1.26 bits per heavy atom. The van der Waals surface area contributed by atoms with Gasteiger partial charge in [0.25, 0.3) is 0 Å². The summed E-state index contributed by atoms with van der Waals surface area (Å²) in [4.78, 5) is 8.20. The third-order valence-electron chi connectivity index (χ3n) is 3.25. The van der Waals surface area contributed by atoms with Gasteiger partial charge in [-0.2, -0.15) is 0 Å². The Kier molecular flexibility index (Phi) is 2.67. The number of halogens is 1. The van der Waals surface area contributed by atoms with Crippen LogP contribution >= 0.6 is 0 Å². The highest BCUT2D eigenvalue weighted by Gasteiger charge is 2.17. The molecule has 0 saturated carbocycles. The van der Waals surface area contributed by atoms with E-state index in [2.05, 4.69) is 9.97 Å². The van der Waals surface area contributed by atoms with Crippen LogP contribution in [0.3, 0.4) is 0 Å². The number of fused-ring (bicyclic) bond motifs is 1. The number of nitrogen functional groups attached to an aromatic ring is 1. The van der Waals surface area contributed by atoms with Crippen LogP contribution in [0.15, 0.2) is 42.7 Å². The molecule has 5 heteroatoms. The number of para-hydroxylation sites is 1. The second kappa shape index (κ2) is 4.35. The maximum Gasteiger partial charge on any atom is 0.201 e. The highest BCUT2D eigenvalue weighted by atomic mass is 19.1. The van der Waals surface area contributed by atoms with Gasteiger partial charge in [0.2, 0.25) is 5.95 Å². The van der Waals surface area contributed by atoms with Crippen LogP contribution < -0.4 is 5.73 Å². The van der Waals surface area contributed by atoms with Crippen LogP contribution in [0.2, 0.25) is 0 Å². The molecule has 2 heterocycles. The second-order valence-electron chi connectivity index (χ2n) is 4.41. The summed E-state index contributed by atoms with van der Waals surface area (Å²) < 4.78 is 15.5. The number of aromatic nitrogens is 3. The second-order valence-corrected chi connectivity index (χ2v) is 4.41. The summed E-state index contributed by atoms with van der Waals surface area (Å²) >= 11 is 0. The van der Waals surface area contributed by atoms with Gasteiger partial charge in [-0.25, -0.2) is 9.37 Å². The summed E-state index contributed by atoms with van der Waals surface area (Å²) in [5.74, 6) is -0.0576. The third kappa shape index (κ3) is 1.83. The molecule has 1 atom stereocenters. The van der Waals surface area contributed by atoms with Crippen LogP contribution in [0.4, 0.5) is 10.3 Å². The molecule has 1 unspecified atom stereocenters. The van der Waals surface area contributed by atoms with Gasteiger partial charge in [-0.15, -0.1) is 0 Å². The fourth-order valence-corrected chi connectivity index (χ4v) is 2.28. The van der Waals surface area contributed by atoms with Gasteiger partial charge in [-0.05, 0) is 30.7 Å². The molecule has 96 valence electrons. The van der Waals surface area contributed by atoms with Gasteiger partial charge in [0, 0.05) is 12.4 Å². The molecule has 2 aromatic heterocycles. The van der Waals surface area contributed by atoms with E-state index in [4.69, 9.17) is 5.73 Å². The molecular formula is C14H13FN4. The smallest absolute Gasteiger partial charge is 0.201 e. The maximum atomic E-state index is 13.7. The Labute approximate surface area is 109 Å². The predicted molar refractivity (Wildman–Crippen MR) is 72.2 cm³/mol. The van der Waals surface area contributed by atoms with E-state index in [0.29, 0.717) is 17.0 Å². The minimum absolute atomic E-state index is 0.0551. The predicted octanol–water partition coefficient (Wildman–Crippen LogP) is 2.76. The standard InChI is InChI=1S/C14H13FN4/c1-9(10-4-3-7-17-8-10)19-12-6-2-5-11(15)13(12)18-14(19)16/h2-9H,1H3,(H2,16,18). The Balaban J connectivity index is 2.20. The molecular weight excluding hydrogens is 243 g/mol. The van der Waals surface area contributed by atoms with Crippen molar-refractivity contribution in [2.24, 2.45) is 0 Å². The monoisotopic (exact) mass is 256 g/mol. The molecule has 0 bridgehead atoms. The molecule has 4 nitrogen and oxygen atoms in total. The minimum atomic E-state index is -0.360. The summed E-state index contributed by atoms with van der Waals surface area (Å²) in [6, 6.07) is 8.62. The molecule has 0 amide bonds. The summed E-state index contributed by atoms with van der Waals surface area (Å²) in [6.45, 7) is 1.99. The van der Waals surface area contributed by atoms with Crippen molar-refractivity contribution in [3.63, 3.8) is 0 Å². The van der Waals surface area contributed by atoms with Crippen molar-refractivity contribution in [1.29, 1.82) is 0 Å². The number of hydrogen-bond acceptors (Lipinski definition) is 3. The molecule has 0 fully saturated rings. The first-order chi connectivity index (χ1) is 9.18. The quantitative estimate of drug-likeness (QED) is 0.767. The molecule has 0 spiro atoms. The third-order valence-corrected chi connectivity index (χ3v) is 3.25. The zero-order chi connectivity index (χ0) is 13.4. The van der Waals surface area contributed by atoms with Crippen LogP contribution in [-0.4, -0.2) is 14.5 Å². The van der Waals surface area contributed by atoms with Crippen LogP contribution in [0, 0.1) is 5.82 Å². The lowest BCUT2D eigenvalue weighted by Gasteiger charge is -2.15. The molecule has 0 saturated heterocycles. The van der Waals surface area contributed by atoms with Crippen molar-refractivity contribution < 1.29 is 4.39 Å². The molecule has 0 aliphatic carbocycles. The Hall–Kier alpha value is -2.43. The van der Waals surface area contributed by atoms with Crippen LogP contribution in [0.5, 0.6) is 0 Å². The van der Waals surface area contributed by atoms with Gasteiger partial charge in [0.15, 0.2) is 5.82 Å². The molecule has 0 radical (unpaired) electrons. The van der Waals surface area contributed by atoms with E-state index in [1.807, 2.05) is 29.7 Å². The van der Waals surface area contributed by atoms with Crippen LogP contribution in [0.1, 0.15) is 18.5 Å². The van der Waals surface area contributed by atoms with E-state index in [-0.39, 0.29) is 11.9 Å². The average molecular weight is 256 g/mol. The Morgan fingerprint density at radius 2 is 2.11 bits per heavy atom. The molecule has 1 aromatic carbocycles. The largest absolute Gasteiger partial charge is 0.369 e. The first kappa shape index (κ1) is 11.6. The summed E-state index contributed by atoms with van der Waals surface area (Å²) in [6.07, 6.45) is 3.49. The highest BCUT2D eigenvalue weighted by molar-refractivity contribution is 5.79. The Morgan fingerprint density at radius 3 is 2.84 bits per heavy atom. The van der Waals surface area contributed by atoms with Crippen molar-refractivity contribution >= 4 is 17.0 Å². The van der Waals surface area contributed by atoms with Crippen molar-refractivity contribution in [2.75, 3.05) is 5.73 Å². The summed E-state index contributed by atoms with van der Waals surface area (Å²) in [5.41, 5.74) is 7.91. The van der Waals surface area contributed by atoms with Gasteiger partial charge < -0.3 is 10.3 Å². The molecule has 0 aliphatic rings. The first-order valence-corrected chi connectivity index (χ1v) is 6.00. The molecule has 3 aromatic rings. The number of anilines is 1. The number of pyridine rings is 1. The topological polar surface area (TPSA) is 56.7 Å². The van der Waals surface area contributed by atoms with Crippen molar-refractivity contribution in [3.05, 3.63) is 54.1 Å². The van der Waals surface area contributed by atoms with E-state index in [9.17, 15) is 4.39 Å². The number of hydrogen-bond donors (Lipinski definition) is 1. The number of nitrogens with zero attached hydrogens (tertiary/aromatic N) is 3. The lowest BCUT2D eigenvalue weighted by molar-refractivity contribution is 0.636. The lowest BCUT2D eigenvalue weighted by atomic mass is 10.1. The van der Waals surface area contributed by atoms with Crippen molar-refractivity contribution in [1.82, 2.24) is 14.5 Å². The molecule has 3 rings (SSSR count). The molecule has 19 heavy (non-hydrogen) atoms. The Bertz CT molecular complexity index is 721. The fourth-order valence-electron chi connectivity index (χ4n) is 2.28. The van der Waals surface area contributed by atoms with Gasteiger partial charge in [0.05, 0.1) is 11.6 Å². The number of rotatable bonds is 2. The van der Waals surface area contributed by atoms with Gasteiger partial charge in [0.1, 0.15) is 5.52 Å². The number of imidazole rings is 1. The van der Waals surface area contributed by atoms with Crippen LogP contribution in [0.25, 0.3) is 11.0 Å². The van der Waals surface area contributed by atoms with Crippen LogP contribution in [-0.2, 0) is 0 Å². The SMILES string of the molecule is CC(c1cccnc1)n1c(N)nc2c(F)cccc21. The maximum absolute atomic E-state index is 13.7. The van der Waals surface area contributed by atoms with Gasteiger partial charge in [-0.1, -0.05) is 12.1 Å². The van der Waals surface area contributed by atoms with E-state index in [1.54, 1.807) is 18.5 Å². The first-order valence-electron chi connectivity index (χ1n) is 6.00. The summed E-state index contributed by atoms with van der Waals surface area (Å²) in [7, 11) is 0. The average Bonchev–Trinajstić information content (AvgIpc) is 2.77.